The number of halogens is 3. The summed E-state index contributed by atoms with van der Waals surface area (Å²) in [6, 6.07) is 9.16. The summed E-state index contributed by atoms with van der Waals surface area (Å²) in [5.41, 5.74) is -1.69. The predicted octanol–water partition coefficient (Wildman–Crippen LogP) is 3.21. The molecule has 1 saturated heterocycles. The first kappa shape index (κ1) is 23.7. The number of benzene rings is 2. The van der Waals surface area contributed by atoms with E-state index in [1.54, 1.807) is 0 Å². The summed E-state index contributed by atoms with van der Waals surface area (Å²) < 4.78 is 95.3. The first-order valence-corrected chi connectivity index (χ1v) is 12.7. The molecule has 0 aromatic heterocycles. The van der Waals surface area contributed by atoms with Gasteiger partial charge in [0, 0.05) is 6.54 Å². The maximum atomic E-state index is 13.9. The van der Waals surface area contributed by atoms with Crippen LogP contribution in [0.15, 0.2) is 63.2 Å². The molecule has 0 atom stereocenters. The van der Waals surface area contributed by atoms with E-state index in [1.807, 2.05) is 0 Å². The molecule has 2 N–H and O–H groups in total. The van der Waals surface area contributed by atoms with Gasteiger partial charge in [-0.3, -0.25) is 0 Å². The van der Waals surface area contributed by atoms with Crippen molar-refractivity contribution in [1.29, 1.82) is 0 Å². The van der Waals surface area contributed by atoms with Crippen molar-refractivity contribution in [3.8, 4) is 0 Å². The van der Waals surface area contributed by atoms with E-state index < -0.39 is 41.4 Å². The molecule has 0 radical (unpaired) electrons. The fourth-order valence-corrected chi connectivity index (χ4v) is 6.49. The highest BCUT2D eigenvalue weighted by Gasteiger charge is 2.43. The molecule has 11 heteroatoms. The van der Waals surface area contributed by atoms with Crippen molar-refractivity contribution in [2.24, 2.45) is 5.92 Å². The van der Waals surface area contributed by atoms with Crippen molar-refractivity contribution < 1.29 is 30.0 Å². The number of alkyl halides is 3. The zero-order valence-electron chi connectivity index (χ0n) is 16.5. The second-order valence-electron chi connectivity index (χ2n) is 7.32. The van der Waals surface area contributed by atoms with E-state index in [0.29, 0.717) is 6.42 Å². The van der Waals surface area contributed by atoms with Crippen molar-refractivity contribution in [3.05, 3.63) is 54.1 Å². The summed E-state index contributed by atoms with van der Waals surface area (Å²) in [5.74, 6) is 0.274. The van der Waals surface area contributed by atoms with E-state index in [-0.39, 0.29) is 17.4 Å². The summed E-state index contributed by atoms with van der Waals surface area (Å²) >= 11 is 0. The summed E-state index contributed by atoms with van der Waals surface area (Å²) in [4.78, 5) is -2.54. The highest BCUT2D eigenvalue weighted by Crippen LogP contribution is 2.40. The Bertz CT molecular complexity index is 1110. The van der Waals surface area contributed by atoms with Crippen molar-refractivity contribution >= 4 is 19.9 Å². The third kappa shape index (κ3) is 5.46. The zero-order valence-corrected chi connectivity index (χ0v) is 18.2. The molecule has 2 aromatic carbocycles. The van der Waals surface area contributed by atoms with E-state index in [0.717, 1.165) is 56.3 Å². The van der Waals surface area contributed by atoms with E-state index in [4.69, 9.17) is 0 Å². The average Bonchev–Trinajstić information content (AvgIpc) is 2.74. The molecule has 1 aliphatic heterocycles. The summed E-state index contributed by atoms with van der Waals surface area (Å²) in [5, 5.41) is 3.18. The van der Waals surface area contributed by atoms with Crippen molar-refractivity contribution in [3.63, 3.8) is 0 Å². The van der Waals surface area contributed by atoms with Gasteiger partial charge < -0.3 is 5.32 Å². The Hall–Kier alpha value is -1.95. The van der Waals surface area contributed by atoms with Gasteiger partial charge in [-0.15, -0.1) is 0 Å². The topological polar surface area (TPSA) is 92.3 Å². The Morgan fingerprint density at radius 2 is 1.52 bits per heavy atom. The van der Waals surface area contributed by atoms with Gasteiger partial charge in [0.05, 0.1) is 20.2 Å². The van der Waals surface area contributed by atoms with Gasteiger partial charge in [0.1, 0.15) is 0 Å². The maximum absolute atomic E-state index is 13.9. The van der Waals surface area contributed by atoms with Crippen LogP contribution in [0.4, 0.5) is 13.2 Å². The first-order chi connectivity index (χ1) is 14.5. The third-order valence-electron chi connectivity index (χ3n) is 5.21. The molecular formula is C20H23F3N2O4S2. The van der Waals surface area contributed by atoms with Crippen LogP contribution in [0.5, 0.6) is 0 Å². The molecule has 6 nitrogen and oxygen atoms in total. The van der Waals surface area contributed by atoms with E-state index in [9.17, 15) is 30.0 Å². The van der Waals surface area contributed by atoms with Gasteiger partial charge in [-0.2, -0.15) is 13.2 Å². The number of nitrogens with one attached hydrogen (secondary N) is 2. The molecule has 0 amide bonds. The van der Waals surface area contributed by atoms with Gasteiger partial charge >= 0.3 is 6.18 Å². The average molecular weight is 477 g/mol. The molecule has 1 heterocycles. The number of hydrogen-bond acceptors (Lipinski definition) is 5. The molecule has 0 bridgehead atoms. The monoisotopic (exact) mass is 476 g/mol. The number of sulfone groups is 1. The van der Waals surface area contributed by atoms with Crippen molar-refractivity contribution in [2.45, 2.75) is 40.1 Å². The molecular weight excluding hydrogens is 453 g/mol. The van der Waals surface area contributed by atoms with Crippen LogP contribution in [0.1, 0.15) is 24.8 Å². The van der Waals surface area contributed by atoms with Gasteiger partial charge in [0.2, 0.25) is 19.9 Å². The van der Waals surface area contributed by atoms with Gasteiger partial charge in [-0.1, -0.05) is 24.3 Å². The van der Waals surface area contributed by atoms with Crippen molar-refractivity contribution in [1.82, 2.24) is 10.0 Å². The smallest absolute Gasteiger partial charge is 0.317 e. The molecule has 0 aliphatic carbocycles. The predicted molar refractivity (Wildman–Crippen MR) is 109 cm³/mol. The largest absolute Gasteiger partial charge is 0.419 e. The van der Waals surface area contributed by atoms with Crippen LogP contribution in [0.2, 0.25) is 0 Å². The van der Waals surface area contributed by atoms with E-state index in [2.05, 4.69) is 10.0 Å². The van der Waals surface area contributed by atoms with Crippen LogP contribution in [-0.2, 0) is 26.0 Å². The molecule has 1 fully saturated rings. The lowest BCUT2D eigenvalue weighted by atomic mass is 9.95. The van der Waals surface area contributed by atoms with Crippen LogP contribution in [0, 0.1) is 5.92 Å². The third-order valence-corrected chi connectivity index (χ3v) is 8.52. The number of piperidine rings is 1. The molecule has 0 unspecified atom stereocenters. The van der Waals surface area contributed by atoms with Gasteiger partial charge in [-0.05, 0) is 62.5 Å². The molecule has 3 rings (SSSR count). The van der Waals surface area contributed by atoms with Crippen LogP contribution in [0.3, 0.4) is 0 Å². The maximum Gasteiger partial charge on any atom is 0.419 e. The lowest BCUT2D eigenvalue weighted by Gasteiger charge is -2.23. The molecule has 2 aromatic rings. The van der Waals surface area contributed by atoms with Crippen LogP contribution in [0.25, 0.3) is 0 Å². The minimum atomic E-state index is -5.20. The number of hydrogen-bond donors (Lipinski definition) is 2. The SMILES string of the molecule is O=S(=O)(NCCC1CCNCC1)c1cccc(S(=O)(=O)c2ccccc2)c1C(F)(F)F. The Morgan fingerprint density at radius 1 is 0.903 bits per heavy atom. The highest BCUT2D eigenvalue weighted by molar-refractivity contribution is 7.92. The van der Waals surface area contributed by atoms with Gasteiger partial charge in [-0.25, -0.2) is 21.6 Å². The molecule has 170 valence electrons. The Kier molecular flexibility index (Phi) is 7.09. The molecule has 0 spiro atoms. The molecule has 0 saturated carbocycles. The van der Waals surface area contributed by atoms with Gasteiger partial charge in [0.15, 0.2) is 0 Å². The number of sulfonamides is 1. The lowest BCUT2D eigenvalue weighted by molar-refractivity contribution is -0.142. The lowest BCUT2D eigenvalue weighted by Crippen LogP contribution is -2.32. The van der Waals surface area contributed by atoms with Crippen LogP contribution >= 0.6 is 0 Å². The Morgan fingerprint density at radius 3 is 2.13 bits per heavy atom. The standard InChI is InChI=1S/C20H23F3N2O4S2/c21-20(22,23)19-17(30(26,27)16-5-2-1-3-6-16)7-4-8-18(19)31(28,29)25-14-11-15-9-12-24-13-10-15/h1-8,15,24-25H,9-14H2. The minimum Gasteiger partial charge on any atom is -0.317 e. The summed E-state index contributed by atoms with van der Waals surface area (Å²) in [6.45, 7) is 1.60. The Balaban J connectivity index is 1.98. The zero-order chi connectivity index (χ0) is 22.7. The summed E-state index contributed by atoms with van der Waals surface area (Å²) in [6.07, 6.45) is -2.98. The summed E-state index contributed by atoms with van der Waals surface area (Å²) in [7, 11) is -9.18. The van der Waals surface area contributed by atoms with Crippen LogP contribution in [-0.4, -0.2) is 36.5 Å². The number of rotatable bonds is 7. The molecule has 1 aliphatic rings. The fourth-order valence-electron chi connectivity index (χ4n) is 3.61. The Labute approximate surface area is 179 Å². The second-order valence-corrected chi connectivity index (χ2v) is 11.0. The van der Waals surface area contributed by atoms with Crippen molar-refractivity contribution in [2.75, 3.05) is 19.6 Å². The fraction of sp³-hybridized carbons (Fsp3) is 0.400. The minimum absolute atomic E-state index is 0.0278. The van der Waals surface area contributed by atoms with E-state index in [1.165, 1.54) is 18.2 Å². The van der Waals surface area contributed by atoms with E-state index >= 15 is 0 Å². The quantitative estimate of drug-likeness (QED) is 0.640. The van der Waals surface area contributed by atoms with Crippen LogP contribution < -0.4 is 10.0 Å². The first-order valence-electron chi connectivity index (χ1n) is 9.74. The molecule has 31 heavy (non-hydrogen) atoms. The van der Waals surface area contributed by atoms with Gasteiger partial charge in [0.25, 0.3) is 0 Å². The second kappa shape index (κ2) is 9.27. The highest BCUT2D eigenvalue weighted by atomic mass is 32.2. The normalized spacial score (nSPS) is 16.4.